The van der Waals surface area contributed by atoms with Crippen molar-refractivity contribution in [2.24, 2.45) is 0 Å². The second kappa shape index (κ2) is 4.48. The standard InChI is InChI=1S/C13H14O2/c14-11-6-3-5-10-4-1-2-7-12(10)13(15)9-8-11/h1-2,4,7,11,13-15H,3,5-6H2. The van der Waals surface area contributed by atoms with Crippen LogP contribution >= 0.6 is 0 Å². The van der Waals surface area contributed by atoms with E-state index in [1.165, 1.54) is 0 Å². The van der Waals surface area contributed by atoms with Crippen LogP contribution in [-0.2, 0) is 6.42 Å². The number of benzene rings is 1. The summed E-state index contributed by atoms with van der Waals surface area (Å²) >= 11 is 0. The van der Waals surface area contributed by atoms with Gasteiger partial charge in [-0.05, 0) is 30.4 Å². The summed E-state index contributed by atoms with van der Waals surface area (Å²) in [4.78, 5) is 0. The lowest BCUT2D eigenvalue weighted by Crippen LogP contribution is -2.02. The number of hydrogen-bond donors (Lipinski definition) is 2. The van der Waals surface area contributed by atoms with Crippen LogP contribution in [0.15, 0.2) is 24.3 Å². The molecule has 0 amide bonds. The molecule has 2 heteroatoms. The summed E-state index contributed by atoms with van der Waals surface area (Å²) in [7, 11) is 0. The molecule has 2 rings (SSSR count). The molecule has 2 nitrogen and oxygen atoms in total. The monoisotopic (exact) mass is 202 g/mol. The van der Waals surface area contributed by atoms with Crippen LogP contribution in [0.5, 0.6) is 0 Å². The van der Waals surface area contributed by atoms with Gasteiger partial charge in [0.15, 0.2) is 0 Å². The van der Waals surface area contributed by atoms with Gasteiger partial charge in [-0.2, -0.15) is 0 Å². The highest BCUT2D eigenvalue weighted by atomic mass is 16.3. The molecule has 1 aliphatic rings. The highest BCUT2D eigenvalue weighted by Gasteiger charge is 2.12. The van der Waals surface area contributed by atoms with Gasteiger partial charge in [0.05, 0.1) is 0 Å². The van der Waals surface area contributed by atoms with Crippen molar-refractivity contribution in [3.05, 3.63) is 35.4 Å². The van der Waals surface area contributed by atoms with E-state index in [9.17, 15) is 10.2 Å². The molecule has 1 aromatic carbocycles. The average Bonchev–Trinajstić information content (AvgIpc) is 2.32. The Morgan fingerprint density at radius 3 is 2.80 bits per heavy atom. The molecule has 0 saturated heterocycles. The zero-order valence-electron chi connectivity index (χ0n) is 8.48. The van der Waals surface area contributed by atoms with Crippen molar-refractivity contribution in [1.29, 1.82) is 0 Å². The number of fused-ring (bicyclic) bond motifs is 1. The Kier molecular flexibility index (Phi) is 3.05. The lowest BCUT2D eigenvalue weighted by Gasteiger charge is -2.09. The van der Waals surface area contributed by atoms with E-state index in [1.54, 1.807) is 0 Å². The molecule has 0 aliphatic heterocycles. The summed E-state index contributed by atoms with van der Waals surface area (Å²) in [5.41, 5.74) is 2.01. The predicted molar refractivity (Wildman–Crippen MR) is 58.1 cm³/mol. The van der Waals surface area contributed by atoms with Crippen LogP contribution in [0.3, 0.4) is 0 Å². The fraction of sp³-hybridized carbons (Fsp3) is 0.385. The van der Waals surface area contributed by atoms with Gasteiger partial charge in [0.1, 0.15) is 12.2 Å². The van der Waals surface area contributed by atoms with Crippen molar-refractivity contribution >= 4 is 0 Å². The van der Waals surface area contributed by atoms with Crippen molar-refractivity contribution in [3.63, 3.8) is 0 Å². The van der Waals surface area contributed by atoms with Crippen molar-refractivity contribution in [2.45, 2.75) is 31.5 Å². The molecule has 2 N–H and O–H groups in total. The molecule has 0 bridgehead atoms. The third kappa shape index (κ3) is 2.38. The van der Waals surface area contributed by atoms with E-state index in [2.05, 4.69) is 11.8 Å². The van der Waals surface area contributed by atoms with E-state index in [1.807, 2.05) is 24.3 Å². The average molecular weight is 202 g/mol. The lowest BCUT2D eigenvalue weighted by atomic mass is 9.99. The van der Waals surface area contributed by atoms with E-state index in [0.717, 1.165) is 24.0 Å². The van der Waals surface area contributed by atoms with Crippen molar-refractivity contribution < 1.29 is 10.2 Å². The van der Waals surface area contributed by atoms with Crippen LogP contribution < -0.4 is 0 Å². The first-order chi connectivity index (χ1) is 7.27. The second-order valence-electron chi connectivity index (χ2n) is 3.80. The number of rotatable bonds is 0. The Bertz CT molecular complexity index is 400. The summed E-state index contributed by atoms with van der Waals surface area (Å²) in [6, 6.07) is 7.77. The second-order valence-corrected chi connectivity index (χ2v) is 3.80. The Hall–Kier alpha value is -1.30. The summed E-state index contributed by atoms with van der Waals surface area (Å²) in [6.45, 7) is 0. The Morgan fingerprint density at radius 1 is 1.13 bits per heavy atom. The van der Waals surface area contributed by atoms with E-state index in [0.29, 0.717) is 6.42 Å². The molecule has 15 heavy (non-hydrogen) atoms. The highest BCUT2D eigenvalue weighted by molar-refractivity contribution is 5.34. The van der Waals surface area contributed by atoms with Gasteiger partial charge in [-0.1, -0.05) is 36.1 Å². The molecular weight excluding hydrogens is 188 g/mol. The molecule has 0 aromatic heterocycles. The summed E-state index contributed by atoms with van der Waals surface area (Å²) in [5.74, 6) is 5.36. The number of aryl methyl sites for hydroxylation is 1. The van der Waals surface area contributed by atoms with E-state index >= 15 is 0 Å². The molecule has 0 heterocycles. The molecule has 0 fully saturated rings. The van der Waals surface area contributed by atoms with Crippen LogP contribution in [0.1, 0.15) is 30.1 Å². The molecule has 0 saturated carbocycles. The smallest absolute Gasteiger partial charge is 0.140 e. The first kappa shape index (κ1) is 10.2. The van der Waals surface area contributed by atoms with Gasteiger partial charge < -0.3 is 10.2 Å². The maximum absolute atomic E-state index is 9.82. The van der Waals surface area contributed by atoms with Crippen LogP contribution in [0.25, 0.3) is 0 Å². The first-order valence-electron chi connectivity index (χ1n) is 5.22. The summed E-state index contributed by atoms with van der Waals surface area (Å²) < 4.78 is 0. The van der Waals surface area contributed by atoms with Gasteiger partial charge in [-0.3, -0.25) is 0 Å². The maximum atomic E-state index is 9.82. The third-order valence-corrected chi connectivity index (χ3v) is 2.66. The van der Waals surface area contributed by atoms with Crippen LogP contribution in [0.2, 0.25) is 0 Å². The van der Waals surface area contributed by atoms with Crippen molar-refractivity contribution in [2.75, 3.05) is 0 Å². The summed E-state index contributed by atoms with van der Waals surface area (Å²) in [6.07, 6.45) is 1.09. The third-order valence-electron chi connectivity index (χ3n) is 2.66. The number of hydrogen-bond acceptors (Lipinski definition) is 2. The minimum atomic E-state index is -0.769. The van der Waals surface area contributed by atoms with E-state index < -0.39 is 12.2 Å². The normalized spacial score (nSPS) is 25.2. The molecule has 0 spiro atoms. The van der Waals surface area contributed by atoms with Crippen LogP contribution in [0, 0.1) is 11.8 Å². The molecule has 2 atom stereocenters. The van der Waals surface area contributed by atoms with Crippen LogP contribution in [-0.4, -0.2) is 16.3 Å². The fourth-order valence-electron chi connectivity index (χ4n) is 1.84. The molecule has 0 radical (unpaired) electrons. The van der Waals surface area contributed by atoms with Gasteiger partial charge in [-0.25, -0.2) is 0 Å². The highest BCUT2D eigenvalue weighted by Crippen LogP contribution is 2.20. The first-order valence-corrected chi connectivity index (χ1v) is 5.22. The fourth-order valence-corrected chi connectivity index (χ4v) is 1.84. The Labute approximate surface area is 89.6 Å². The largest absolute Gasteiger partial charge is 0.380 e. The van der Waals surface area contributed by atoms with Gasteiger partial charge in [0.2, 0.25) is 0 Å². The van der Waals surface area contributed by atoms with Gasteiger partial charge >= 0.3 is 0 Å². The minimum Gasteiger partial charge on any atom is -0.380 e. The topological polar surface area (TPSA) is 40.5 Å². The minimum absolute atomic E-state index is 0.603. The molecule has 2 unspecified atom stereocenters. The Morgan fingerprint density at radius 2 is 1.93 bits per heavy atom. The van der Waals surface area contributed by atoms with Gasteiger partial charge in [-0.15, -0.1) is 0 Å². The predicted octanol–water partition coefficient (Wildman–Crippen LogP) is 1.42. The number of aliphatic hydroxyl groups is 2. The zero-order valence-corrected chi connectivity index (χ0v) is 8.48. The lowest BCUT2D eigenvalue weighted by molar-refractivity contribution is 0.216. The van der Waals surface area contributed by atoms with Crippen molar-refractivity contribution in [1.82, 2.24) is 0 Å². The van der Waals surface area contributed by atoms with E-state index in [-0.39, 0.29) is 0 Å². The van der Waals surface area contributed by atoms with Gasteiger partial charge in [0.25, 0.3) is 0 Å². The number of aliphatic hydroxyl groups excluding tert-OH is 2. The SMILES string of the molecule is OC1C#CC(O)c2ccccc2CCC1. The molecule has 1 aromatic rings. The van der Waals surface area contributed by atoms with Crippen LogP contribution in [0.4, 0.5) is 0 Å². The quantitative estimate of drug-likeness (QED) is 0.625. The summed E-state index contributed by atoms with van der Waals surface area (Å²) in [5, 5.41) is 19.3. The molecule has 1 aliphatic carbocycles. The molecular formula is C13H14O2. The maximum Gasteiger partial charge on any atom is 0.140 e. The molecule has 78 valence electrons. The Balaban J connectivity index is 2.36. The van der Waals surface area contributed by atoms with Gasteiger partial charge in [0, 0.05) is 0 Å². The van der Waals surface area contributed by atoms with Crippen molar-refractivity contribution in [3.8, 4) is 11.8 Å². The van der Waals surface area contributed by atoms with E-state index in [4.69, 9.17) is 0 Å². The zero-order chi connectivity index (χ0) is 10.7.